The molecule has 0 bridgehead atoms. The van der Waals surface area contributed by atoms with Gasteiger partial charge < -0.3 is 14.8 Å². The first-order valence-corrected chi connectivity index (χ1v) is 3.98. The number of hydrogen-bond donors (Lipinski definition) is 1. The van der Waals surface area contributed by atoms with Crippen LogP contribution >= 0.6 is 12.4 Å². The van der Waals surface area contributed by atoms with Crippen LogP contribution in [-0.4, -0.2) is 25.9 Å². The van der Waals surface area contributed by atoms with Gasteiger partial charge in [-0.3, -0.25) is 0 Å². The third-order valence-electron chi connectivity index (χ3n) is 1.78. The lowest BCUT2D eigenvalue weighted by molar-refractivity contribution is 0.0734. The predicted octanol–water partition coefficient (Wildman–Crippen LogP) is 1.31. The Morgan fingerprint density at radius 1 is 1.69 bits per heavy atom. The van der Waals surface area contributed by atoms with Crippen LogP contribution in [0.4, 0.5) is 4.79 Å². The summed E-state index contributed by atoms with van der Waals surface area (Å²) in [5.74, 6) is 0.433. The fourth-order valence-corrected chi connectivity index (χ4v) is 1.14. The summed E-state index contributed by atoms with van der Waals surface area (Å²) in [6.07, 6.45) is 1.45. The van der Waals surface area contributed by atoms with Crippen LogP contribution in [0.15, 0.2) is 12.8 Å². The number of carbonyl (C=O) groups is 1. The van der Waals surface area contributed by atoms with Crippen molar-refractivity contribution in [2.75, 3.05) is 19.7 Å². The maximum atomic E-state index is 10.7. The van der Waals surface area contributed by atoms with E-state index in [0.29, 0.717) is 12.5 Å². The fourth-order valence-electron chi connectivity index (χ4n) is 1.14. The van der Waals surface area contributed by atoms with Crippen LogP contribution in [0.1, 0.15) is 6.42 Å². The summed E-state index contributed by atoms with van der Waals surface area (Å²) in [5, 5.41) is 3.18. The highest BCUT2D eigenvalue weighted by Gasteiger charge is 2.16. The van der Waals surface area contributed by atoms with Crippen molar-refractivity contribution >= 4 is 18.6 Å². The average molecular weight is 208 g/mol. The molecule has 4 nitrogen and oxygen atoms in total. The molecule has 0 aromatic heterocycles. The van der Waals surface area contributed by atoms with Crippen LogP contribution < -0.4 is 5.32 Å². The molecule has 0 aliphatic carbocycles. The minimum absolute atomic E-state index is 0. The number of carbonyl (C=O) groups excluding carboxylic acids is 1. The molecular weight excluding hydrogens is 194 g/mol. The molecule has 76 valence electrons. The third kappa shape index (κ3) is 4.75. The lowest BCUT2D eigenvalue weighted by atomic mass is 10.1. The second-order valence-electron chi connectivity index (χ2n) is 2.70. The van der Waals surface area contributed by atoms with Crippen molar-refractivity contribution in [1.29, 1.82) is 0 Å². The van der Waals surface area contributed by atoms with Crippen molar-refractivity contribution in [2.24, 2.45) is 5.92 Å². The molecule has 1 N–H and O–H groups in total. The number of halogens is 1. The molecule has 13 heavy (non-hydrogen) atoms. The first kappa shape index (κ1) is 12.3. The van der Waals surface area contributed by atoms with Gasteiger partial charge in [0.1, 0.15) is 0 Å². The van der Waals surface area contributed by atoms with E-state index < -0.39 is 6.16 Å². The minimum atomic E-state index is -0.670. The second-order valence-corrected chi connectivity index (χ2v) is 2.70. The molecule has 1 unspecified atom stereocenters. The third-order valence-corrected chi connectivity index (χ3v) is 1.78. The largest absolute Gasteiger partial charge is 0.513 e. The highest BCUT2D eigenvalue weighted by atomic mass is 35.5. The van der Waals surface area contributed by atoms with Crippen molar-refractivity contribution in [2.45, 2.75) is 6.42 Å². The zero-order valence-electron chi connectivity index (χ0n) is 7.32. The average Bonchev–Trinajstić information content (AvgIpc) is 2.53. The van der Waals surface area contributed by atoms with Gasteiger partial charge in [-0.1, -0.05) is 6.58 Å². The van der Waals surface area contributed by atoms with Gasteiger partial charge in [-0.15, -0.1) is 12.4 Å². The van der Waals surface area contributed by atoms with E-state index in [0.717, 1.165) is 25.8 Å². The standard InChI is InChI=1S/C8H13NO3.ClH/c1-2-11-8(10)12-6-7-3-4-9-5-7;/h2,7,9H,1,3-6H2;1H. The van der Waals surface area contributed by atoms with Crippen molar-refractivity contribution < 1.29 is 14.3 Å². The molecule has 0 radical (unpaired) electrons. The van der Waals surface area contributed by atoms with Crippen molar-refractivity contribution in [1.82, 2.24) is 5.32 Å². The van der Waals surface area contributed by atoms with Crippen molar-refractivity contribution in [3.8, 4) is 0 Å². The van der Waals surface area contributed by atoms with E-state index in [1.807, 2.05) is 0 Å². The van der Waals surface area contributed by atoms with Crippen LogP contribution in [0.5, 0.6) is 0 Å². The van der Waals surface area contributed by atoms with Gasteiger partial charge in [0.2, 0.25) is 0 Å². The quantitative estimate of drug-likeness (QED) is 0.560. The number of rotatable bonds is 3. The Morgan fingerprint density at radius 3 is 3.00 bits per heavy atom. The Bertz CT molecular complexity index is 169. The summed E-state index contributed by atoms with van der Waals surface area (Å²) in [5.41, 5.74) is 0. The summed E-state index contributed by atoms with van der Waals surface area (Å²) in [6, 6.07) is 0. The van der Waals surface area contributed by atoms with Gasteiger partial charge in [0.25, 0.3) is 0 Å². The highest BCUT2D eigenvalue weighted by Crippen LogP contribution is 2.07. The monoisotopic (exact) mass is 207 g/mol. The summed E-state index contributed by atoms with van der Waals surface area (Å²) in [6.45, 7) is 5.60. The molecule has 1 fully saturated rings. The molecule has 1 rings (SSSR count). The van der Waals surface area contributed by atoms with Gasteiger partial charge in [0, 0.05) is 12.5 Å². The Kier molecular flexibility index (Phi) is 6.36. The Hall–Kier alpha value is -0.740. The van der Waals surface area contributed by atoms with E-state index in [2.05, 4.69) is 16.6 Å². The van der Waals surface area contributed by atoms with E-state index in [4.69, 9.17) is 4.74 Å². The van der Waals surface area contributed by atoms with Crippen LogP contribution in [0.3, 0.4) is 0 Å². The summed E-state index contributed by atoms with van der Waals surface area (Å²) >= 11 is 0. The lowest BCUT2D eigenvalue weighted by Crippen LogP contribution is -2.16. The minimum Gasteiger partial charge on any atom is -0.434 e. The molecule has 1 heterocycles. The van der Waals surface area contributed by atoms with Crippen LogP contribution in [0.25, 0.3) is 0 Å². The smallest absolute Gasteiger partial charge is 0.434 e. The second kappa shape index (κ2) is 6.74. The van der Waals surface area contributed by atoms with Crippen LogP contribution in [-0.2, 0) is 9.47 Å². The van der Waals surface area contributed by atoms with E-state index in [9.17, 15) is 4.79 Å². The van der Waals surface area contributed by atoms with Crippen molar-refractivity contribution in [3.05, 3.63) is 12.8 Å². The van der Waals surface area contributed by atoms with Gasteiger partial charge in [0.15, 0.2) is 0 Å². The maximum Gasteiger partial charge on any atom is 0.513 e. The summed E-state index contributed by atoms with van der Waals surface area (Å²) < 4.78 is 9.18. The molecule has 0 aromatic carbocycles. The molecule has 1 atom stereocenters. The molecule has 0 saturated carbocycles. The maximum absolute atomic E-state index is 10.7. The van der Waals surface area contributed by atoms with Crippen LogP contribution in [0, 0.1) is 5.92 Å². The van der Waals surface area contributed by atoms with Crippen LogP contribution in [0.2, 0.25) is 0 Å². The molecule has 1 saturated heterocycles. The van der Waals surface area contributed by atoms with Gasteiger partial charge in [-0.05, 0) is 13.0 Å². The Balaban J connectivity index is 0.00000144. The Morgan fingerprint density at radius 2 is 2.46 bits per heavy atom. The number of hydrogen-bond acceptors (Lipinski definition) is 4. The normalized spacial score (nSPS) is 20.2. The van der Waals surface area contributed by atoms with Gasteiger partial charge >= 0.3 is 6.16 Å². The fraction of sp³-hybridized carbons (Fsp3) is 0.625. The van der Waals surface area contributed by atoms with E-state index in [-0.39, 0.29) is 12.4 Å². The molecule has 5 heteroatoms. The molecule has 1 aliphatic rings. The van der Waals surface area contributed by atoms with E-state index in [1.54, 1.807) is 0 Å². The zero-order chi connectivity index (χ0) is 8.81. The Labute approximate surface area is 83.7 Å². The number of nitrogens with one attached hydrogen (secondary N) is 1. The highest BCUT2D eigenvalue weighted by molar-refractivity contribution is 5.85. The van der Waals surface area contributed by atoms with Crippen molar-refractivity contribution in [3.63, 3.8) is 0 Å². The first-order valence-electron chi connectivity index (χ1n) is 3.98. The molecular formula is C8H14ClNO3. The molecule has 0 spiro atoms. The van der Waals surface area contributed by atoms with Gasteiger partial charge in [-0.25, -0.2) is 4.79 Å². The van der Waals surface area contributed by atoms with E-state index in [1.165, 1.54) is 0 Å². The molecule has 0 aromatic rings. The number of ether oxygens (including phenoxy) is 2. The van der Waals surface area contributed by atoms with E-state index >= 15 is 0 Å². The van der Waals surface area contributed by atoms with Gasteiger partial charge in [0.05, 0.1) is 12.9 Å². The topological polar surface area (TPSA) is 47.6 Å². The predicted molar refractivity (Wildman–Crippen MR) is 50.9 cm³/mol. The van der Waals surface area contributed by atoms with Gasteiger partial charge in [-0.2, -0.15) is 0 Å². The zero-order valence-corrected chi connectivity index (χ0v) is 8.14. The first-order chi connectivity index (χ1) is 5.83. The lowest BCUT2D eigenvalue weighted by Gasteiger charge is -2.07. The summed E-state index contributed by atoms with van der Waals surface area (Å²) in [7, 11) is 0. The molecule has 0 amide bonds. The summed E-state index contributed by atoms with van der Waals surface area (Å²) in [4.78, 5) is 10.7. The molecule has 1 aliphatic heterocycles. The SMILES string of the molecule is C=COC(=O)OCC1CCNC1.Cl.